The van der Waals surface area contributed by atoms with E-state index in [0.29, 0.717) is 11.7 Å². The summed E-state index contributed by atoms with van der Waals surface area (Å²) in [5.74, 6) is 0.960. The molecule has 0 saturated carbocycles. The van der Waals surface area contributed by atoms with E-state index in [1.807, 2.05) is 36.4 Å². The third-order valence-corrected chi connectivity index (χ3v) is 5.34. The van der Waals surface area contributed by atoms with Gasteiger partial charge in [0.15, 0.2) is 0 Å². The van der Waals surface area contributed by atoms with Crippen LogP contribution in [0.5, 0.6) is 5.75 Å². The number of nitrogens with one attached hydrogen (secondary N) is 1. The number of hydrogen-bond donors (Lipinski definition) is 1. The van der Waals surface area contributed by atoms with Crippen molar-refractivity contribution in [3.8, 4) is 11.4 Å². The van der Waals surface area contributed by atoms with Crippen LogP contribution in [-0.2, 0) is 17.8 Å². The maximum atomic E-state index is 12.2. The molecule has 3 rings (SSSR count). The number of hydrogen-bond acceptors (Lipinski definition) is 6. The molecule has 0 radical (unpaired) electrons. The Kier molecular flexibility index (Phi) is 7.63. The van der Waals surface area contributed by atoms with E-state index >= 15 is 0 Å². The van der Waals surface area contributed by atoms with Gasteiger partial charge in [0, 0.05) is 6.54 Å². The van der Waals surface area contributed by atoms with Crippen molar-refractivity contribution < 1.29 is 9.53 Å². The van der Waals surface area contributed by atoms with Crippen molar-refractivity contribution >= 4 is 17.7 Å². The molecule has 0 unspecified atom stereocenters. The molecular formula is C21H25N5O2S. The van der Waals surface area contributed by atoms with Gasteiger partial charge >= 0.3 is 0 Å². The summed E-state index contributed by atoms with van der Waals surface area (Å²) < 4.78 is 6.79. The van der Waals surface area contributed by atoms with Gasteiger partial charge < -0.3 is 10.1 Å². The largest absolute Gasteiger partial charge is 0.497 e. The van der Waals surface area contributed by atoms with Crippen LogP contribution >= 0.6 is 11.8 Å². The summed E-state index contributed by atoms with van der Waals surface area (Å²) in [6, 6.07) is 15.8. The Morgan fingerprint density at radius 3 is 2.52 bits per heavy atom. The highest BCUT2D eigenvalue weighted by atomic mass is 32.2. The normalized spacial score (nSPS) is 10.7. The lowest BCUT2D eigenvalue weighted by Gasteiger charge is -2.07. The first-order valence-electron chi connectivity index (χ1n) is 9.59. The molecule has 1 N–H and O–H groups in total. The summed E-state index contributed by atoms with van der Waals surface area (Å²) in [6.07, 6.45) is 3.43. The van der Waals surface area contributed by atoms with Crippen LogP contribution in [-0.4, -0.2) is 39.0 Å². The number of aromatic nitrogens is 4. The van der Waals surface area contributed by atoms with Crippen LogP contribution in [0.1, 0.15) is 30.9 Å². The van der Waals surface area contributed by atoms with Gasteiger partial charge in [0.2, 0.25) is 11.1 Å². The van der Waals surface area contributed by atoms with E-state index in [-0.39, 0.29) is 11.7 Å². The highest BCUT2D eigenvalue weighted by Crippen LogP contribution is 2.19. The van der Waals surface area contributed by atoms with Crippen LogP contribution < -0.4 is 10.1 Å². The van der Waals surface area contributed by atoms with Crippen LogP contribution in [0.2, 0.25) is 0 Å². The fourth-order valence-corrected chi connectivity index (χ4v) is 3.46. The average molecular weight is 412 g/mol. The van der Waals surface area contributed by atoms with Crippen molar-refractivity contribution in [3.63, 3.8) is 0 Å². The van der Waals surface area contributed by atoms with E-state index in [9.17, 15) is 4.79 Å². The Hall–Kier alpha value is -2.87. The summed E-state index contributed by atoms with van der Waals surface area (Å²) >= 11 is 1.31. The van der Waals surface area contributed by atoms with Crippen molar-refractivity contribution in [2.45, 2.75) is 37.9 Å². The van der Waals surface area contributed by atoms with Gasteiger partial charge in [-0.2, -0.15) is 4.68 Å². The maximum absolute atomic E-state index is 12.2. The number of aryl methyl sites for hydroxylation is 1. The van der Waals surface area contributed by atoms with E-state index in [1.165, 1.54) is 30.2 Å². The number of benzene rings is 2. The summed E-state index contributed by atoms with van der Waals surface area (Å²) in [5.41, 5.74) is 3.20. The molecule has 0 atom stereocenters. The van der Waals surface area contributed by atoms with E-state index in [0.717, 1.165) is 23.4 Å². The molecular weight excluding hydrogens is 386 g/mol. The lowest BCUT2D eigenvalue weighted by Crippen LogP contribution is -2.24. The van der Waals surface area contributed by atoms with Gasteiger partial charge in [0.05, 0.1) is 18.6 Å². The van der Waals surface area contributed by atoms with Crippen LogP contribution in [0.4, 0.5) is 0 Å². The van der Waals surface area contributed by atoms with Gasteiger partial charge in [0.25, 0.3) is 0 Å². The van der Waals surface area contributed by atoms with Crippen molar-refractivity contribution in [1.29, 1.82) is 0 Å². The first-order valence-corrected chi connectivity index (χ1v) is 10.6. The second-order valence-corrected chi connectivity index (χ2v) is 7.50. The third kappa shape index (κ3) is 6.05. The number of methoxy groups -OCH3 is 1. The monoisotopic (exact) mass is 411 g/mol. The number of tetrazole rings is 1. The Morgan fingerprint density at radius 2 is 1.83 bits per heavy atom. The van der Waals surface area contributed by atoms with Crippen LogP contribution in [0, 0.1) is 0 Å². The second-order valence-electron chi connectivity index (χ2n) is 6.56. The average Bonchev–Trinajstić information content (AvgIpc) is 3.24. The minimum atomic E-state index is -0.0738. The molecule has 29 heavy (non-hydrogen) atoms. The number of thioether (sulfide) groups is 1. The number of unbranched alkanes of at least 4 members (excludes halogenated alkanes) is 1. The molecule has 0 spiro atoms. The number of rotatable bonds is 10. The van der Waals surface area contributed by atoms with E-state index in [2.05, 4.69) is 39.9 Å². The molecule has 0 aliphatic rings. The zero-order valence-electron chi connectivity index (χ0n) is 16.7. The van der Waals surface area contributed by atoms with E-state index < -0.39 is 0 Å². The molecule has 0 aliphatic carbocycles. The molecule has 7 nitrogen and oxygen atoms in total. The molecule has 0 saturated heterocycles. The number of carbonyl (C=O) groups is 1. The van der Waals surface area contributed by atoms with Crippen molar-refractivity contribution in [2.24, 2.45) is 0 Å². The minimum absolute atomic E-state index is 0.0738. The minimum Gasteiger partial charge on any atom is -0.497 e. The smallest absolute Gasteiger partial charge is 0.230 e. The van der Waals surface area contributed by atoms with Crippen LogP contribution in [0.3, 0.4) is 0 Å². The topological polar surface area (TPSA) is 81.9 Å². The van der Waals surface area contributed by atoms with Gasteiger partial charge in [-0.1, -0.05) is 49.4 Å². The lowest BCUT2D eigenvalue weighted by atomic mass is 10.1. The standard InChI is InChI=1S/C21H25N5O2S/c1-3-4-5-16-6-10-18(11-7-16)26-21(23-24-25-26)29-15-20(27)22-14-17-8-12-19(28-2)13-9-17/h6-13H,3-5,14-15H2,1-2H3,(H,22,27). The number of ether oxygens (including phenoxy) is 1. The molecule has 1 amide bonds. The van der Waals surface area contributed by atoms with Gasteiger partial charge in [-0.3, -0.25) is 4.79 Å². The molecule has 1 heterocycles. The van der Waals surface area contributed by atoms with E-state index in [1.54, 1.807) is 11.8 Å². The highest BCUT2D eigenvalue weighted by molar-refractivity contribution is 7.99. The number of nitrogens with zero attached hydrogens (tertiary/aromatic N) is 4. The molecule has 2 aromatic carbocycles. The Balaban J connectivity index is 1.52. The van der Waals surface area contributed by atoms with Crippen LogP contribution in [0.15, 0.2) is 53.7 Å². The lowest BCUT2D eigenvalue weighted by molar-refractivity contribution is -0.118. The van der Waals surface area contributed by atoms with Gasteiger partial charge in [0.1, 0.15) is 5.75 Å². The van der Waals surface area contributed by atoms with Gasteiger partial charge in [-0.25, -0.2) is 0 Å². The van der Waals surface area contributed by atoms with Gasteiger partial charge in [-0.15, -0.1) is 5.10 Å². The van der Waals surface area contributed by atoms with Crippen molar-refractivity contribution in [1.82, 2.24) is 25.5 Å². The quantitative estimate of drug-likeness (QED) is 0.515. The number of carbonyl (C=O) groups excluding carboxylic acids is 1. The zero-order chi connectivity index (χ0) is 20.5. The third-order valence-electron chi connectivity index (χ3n) is 4.42. The SMILES string of the molecule is CCCCc1ccc(-n2nnnc2SCC(=O)NCc2ccc(OC)cc2)cc1. The predicted molar refractivity (Wildman–Crippen MR) is 113 cm³/mol. The molecule has 8 heteroatoms. The van der Waals surface area contributed by atoms with Crippen molar-refractivity contribution in [3.05, 3.63) is 59.7 Å². The van der Waals surface area contributed by atoms with Crippen molar-refractivity contribution in [2.75, 3.05) is 12.9 Å². The first kappa shape index (κ1) is 20.9. The Morgan fingerprint density at radius 1 is 1.10 bits per heavy atom. The fraction of sp³-hybridized carbons (Fsp3) is 0.333. The molecule has 0 aliphatic heterocycles. The fourth-order valence-electron chi connectivity index (χ4n) is 2.74. The highest BCUT2D eigenvalue weighted by Gasteiger charge is 2.11. The summed E-state index contributed by atoms with van der Waals surface area (Å²) in [6.45, 7) is 2.65. The molecule has 0 bridgehead atoms. The Labute approximate surface area is 174 Å². The number of amides is 1. The molecule has 152 valence electrons. The summed E-state index contributed by atoms with van der Waals surface area (Å²) in [7, 11) is 1.63. The molecule has 1 aromatic heterocycles. The van der Waals surface area contributed by atoms with Gasteiger partial charge in [-0.05, 0) is 58.7 Å². The maximum Gasteiger partial charge on any atom is 0.230 e. The molecule has 0 fully saturated rings. The predicted octanol–water partition coefficient (Wildman–Crippen LogP) is 3.42. The summed E-state index contributed by atoms with van der Waals surface area (Å²) in [4.78, 5) is 12.2. The Bertz CT molecular complexity index is 910. The van der Waals surface area contributed by atoms with Crippen LogP contribution in [0.25, 0.3) is 5.69 Å². The second kappa shape index (κ2) is 10.6. The zero-order valence-corrected chi connectivity index (χ0v) is 17.5. The molecule has 3 aromatic rings. The summed E-state index contributed by atoms with van der Waals surface area (Å²) in [5, 5.41) is 15.4. The first-order chi connectivity index (χ1) is 14.2. The van der Waals surface area contributed by atoms with E-state index in [4.69, 9.17) is 4.74 Å².